The quantitative estimate of drug-likeness (QED) is 0.668. The molecule has 1 atom stereocenters. The van der Waals surface area contributed by atoms with E-state index in [1.807, 2.05) is 18.2 Å². The molecule has 13 heavy (non-hydrogen) atoms. The highest BCUT2D eigenvalue weighted by atomic mass is 32.1. The zero-order chi connectivity index (χ0) is 9.42. The van der Waals surface area contributed by atoms with E-state index < -0.39 is 0 Å². The summed E-state index contributed by atoms with van der Waals surface area (Å²) in [6.07, 6.45) is 0. The normalized spacial score (nSPS) is 19.5. The second-order valence-corrected chi connectivity index (χ2v) is 3.33. The first-order valence-electron chi connectivity index (χ1n) is 3.90. The fourth-order valence-corrected chi connectivity index (χ4v) is 1.69. The van der Waals surface area contributed by atoms with E-state index in [-0.39, 0.29) is 11.2 Å². The minimum Gasteiger partial charge on any atom is -0.495 e. The van der Waals surface area contributed by atoms with Gasteiger partial charge in [-0.25, -0.2) is 0 Å². The number of benzene rings is 1. The number of hydrogen-bond acceptors (Lipinski definition) is 3. The van der Waals surface area contributed by atoms with E-state index in [2.05, 4.69) is 17.9 Å². The van der Waals surface area contributed by atoms with Crippen LogP contribution in [0.5, 0.6) is 5.75 Å². The predicted octanol–water partition coefficient (Wildman–Crippen LogP) is 1.62. The maximum atomic E-state index is 11.3. The third-order valence-electron chi connectivity index (χ3n) is 2.07. The van der Waals surface area contributed by atoms with Crippen LogP contribution in [0.4, 0.5) is 5.69 Å². The number of thiol groups is 1. The van der Waals surface area contributed by atoms with Crippen molar-refractivity contribution >= 4 is 24.2 Å². The molecule has 1 aromatic carbocycles. The number of para-hydroxylation sites is 1. The average Bonchev–Trinajstić information content (AvgIpc) is 2.43. The second-order valence-electron chi connectivity index (χ2n) is 2.82. The molecule has 1 aromatic rings. The van der Waals surface area contributed by atoms with Crippen LogP contribution in [0.1, 0.15) is 10.8 Å². The fourth-order valence-electron chi connectivity index (χ4n) is 1.41. The van der Waals surface area contributed by atoms with Gasteiger partial charge in [0.1, 0.15) is 11.0 Å². The van der Waals surface area contributed by atoms with Gasteiger partial charge in [0.05, 0.1) is 12.8 Å². The number of carbonyl (C=O) groups is 1. The van der Waals surface area contributed by atoms with Gasteiger partial charge in [0.2, 0.25) is 5.91 Å². The average molecular weight is 195 g/mol. The molecule has 1 N–H and O–H groups in total. The van der Waals surface area contributed by atoms with Crippen LogP contribution in [0.25, 0.3) is 0 Å². The van der Waals surface area contributed by atoms with Gasteiger partial charge in [0.25, 0.3) is 0 Å². The minimum atomic E-state index is -0.370. The van der Waals surface area contributed by atoms with E-state index in [4.69, 9.17) is 4.74 Å². The molecule has 0 saturated heterocycles. The molecule has 0 bridgehead atoms. The van der Waals surface area contributed by atoms with Crippen LogP contribution < -0.4 is 10.1 Å². The Bertz CT molecular complexity index is 365. The van der Waals surface area contributed by atoms with E-state index >= 15 is 0 Å². The summed E-state index contributed by atoms with van der Waals surface area (Å²) in [5, 5.41) is 2.36. The first kappa shape index (κ1) is 8.44. The maximum absolute atomic E-state index is 11.3. The molecular formula is C9H9NO2S. The summed E-state index contributed by atoms with van der Waals surface area (Å²) in [5.74, 6) is 0.588. The van der Waals surface area contributed by atoms with Crippen molar-refractivity contribution < 1.29 is 9.53 Å². The van der Waals surface area contributed by atoms with E-state index in [9.17, 15) is 4.79 Å². The monoisotopic (exact) mass is 195 g/mol. The van der Waals surface area contributed by atoms with Crippen LogP contribution >= 0.6 is 12.6 Å². The first-order chi connectivity index (χ1) is 6.24. The number of amides is 1. The van der Waals surface area contributed by atoms with Gasteiger partial charge in [-0.1, -0.05) is 12.1 Å². The fraction of sp³-hybridized carbons (Fsp3) is 0.222. The van der Waals surface area contributed by atoms with Gasteiger partial charge < -0.3 is 10.1 Å². The highest BCUT2D eigenvalue weighted by Crippen LogP contribution is 2.40. The lowest BCUT2D eigenvalue weighted by Crippen LogP contribution is -2.07. The van der Waals surface area contributed by atoms with Crippen molar-refractivity contribution in [1.82, 2.24) is 0 Å². The summed E-state index contributed by atoms with van der Waals surface area (Å²) in [6.45, 7) is 0. The molecule has 0 fully saturated rings. The summed E-state index contributed by atoms with van der Waals surface area (Å²) in [4.78, 5) is 11.3. The standard InChI is InChI=1S/C9H9NO2S/c1-12-6-4-2-3-5-7(6)10-9(11)8(5)13/h2-4,8,13H,1H3,(H,10,11). The molecular weight excluding hydrogens is 186 g/mol. The largest absolute Gasteiger partial charge is 0.495 e. The van der Waals surface area contributed by atoms with Gasteiger partial charge in [-0.05, 0) is 6.07 Å². The van der Waals surface area contributed by atoms with Crippen LogP contribution in [-0.4, -0.2) is 13.0 Å². The molecule has 1 amide bonds. The highest BCUT2D eigenvalue weighted by molar-refractivity contribution is 7.81. The highest BCUT2D eigenvalue weighted by Gasteiger charge is 2.29. The Hall–Kier alpha value is -1.16. The molecule has 0 radical (unpaired) electrons. The molecule has 0 spiro atoms. The topological polar surface area (TPSA) is 38.3 Å². The number of fused-ring (bicyclic) bond motifs is 1. The number of ether oxygens (including phenoxy) is 1. The lowest BCUT2D eigenvalue weighted by atomic mass is 10.1. The van der Waals surface area contributed by atoms with Crippen molar-refractivity contribution in [3.8, 4) is 5.75 Å². The molecule has 0 saturated carbocycles. The van der Waals surface area contributed by atoms with Crippen molar-refractivity contribution in [3.05, 3.63) is 23.8 Å². The van der Waals surface area contributed by atoms with Crippen molar-refractivity contribution in [2.24, 2.45) is 0 Å². The Morgan fingerprint density at radius 3 is 3.00 bits per heavy atom. The molecule has 0 aliphatic carbocycles. The first-order valence-corrected chi connectivity index (χ1v) is 4.41. The Labute approximate surface area is 81.5 Å². The Kier molecular flexibility index (Phi) is 1.92. The van der Waals surface area contributed by atoms with Gasteiger partial charge in [0.15, 0.2) is 0 Å². The Balaban J connectivity index is 2.55. The molecule has 1 heterocycles. The summed E-state index contributed by atoms with van der Waals surface area (Å²) < 4.78 is 5.11. The Morgan fingerprint density at radius 1 is 1.54 bits per heavy atom. The molecule has 1 unspecified atom stereocenters. The SMILES string of the molecule is COc1cccc2c1NC(=O)C2S. The third kappa shape index (κ3) is 1.18. The second kappa shape index (κ2) is 2.96. The van der Waals surface area contributed by atoms with E-state index in [0.29, 0.717) is 5.75 Å². The number of methoxy groups -OCH3 is 1. The maximum Gasteiger partial charge on any atom is 0.241 e. The van der Waals surface area contributed by atoms with Gasteiger partial charge in [-0.3, -0.25) is 4.79 Å². The summed E-state index contributed by atoms with van der Waals surface area (Å²) in [7, 11) is 1.58. The Morgan fingerprint density at radius 2 is 2.31 bits per heavy atom. The number of carbonyl (C=O) groups excluding carboxylic acids is 1. The van der Waals surface area contributed by atoms with Gasteiger partial charge in [-0.2, -0.15) is 12.6 Å². The van der Waals surface area contributed by atoms with Crippen LogP contribution in [0, 0.1) is 0 Å². The van der Waals surface area contributed by atoms with E-state index in [0.717, 1.165) is 11.3 Å². The van der Waals surface area contributed by atoms with Crippen LogP contribution in [0.2, 0.25) is 0 Å². The molecule has 2 rings (SSSR count). The number of nitrogens with one attached hydrogen (secondary N) is 1. The van der Waals surface area contributed by atoms with Crippen molar-refractivity contribution in [2.75, 3.05) is 12.4 Å². The number of anilines is 1. The summed E-state index contributed by atoms with van der Waals surface area (Å²) >= 11 is 4.19. The molecule has 68 valence electrons. The van der Waals surface area contributed by atoms with Gasteiger partial charge in [-0.15, -0.1) is 0 Å². The minimum absolute atomic E-state index is 0.0946. The van der Waals surface area contributed by atoms with Crippen molar-refractivity contribution in [3.63, 3.8) is 0 Å². The zero-order valence-corrected chi connectivity index (χ0v) is 7.97. The third-order valence-corrected chi connectivity index (χ3v) is 2.58. The van der Waals surface area contributed by atoms with Crippen LogP contribution in [0.15, 0.2) is 18.2 Å². The lowest BCUT2D eigenvalue weighted by Gasteiger charge is -2.05. The number of hydrogen-bond donors (Lipinski definition) is 2. The summed E-state index contributed by atoms with van der Waals surface area (Å²) in [6, 6.07) is 5.53. The zero-order valence-electron chi connectivity index (χ0n) is 7.07. The number of rotatable bonds is 1. The molecule has 0 aromatic heterocycles. The molecule has 1 aliphatic heterocycles. The van der Waals surface area contributed by atoms with Gasteiger partial charge >= 0.3 is 0 Å². The smallest absolute Gasteiger partial charge is 0.241 e. The van der Waals surface area contributed by atoms with Crippen molar-refractivity contribution in [1.29, 1.82) is 0 Å². The summed E-state index contributed by atoms with van der Waals surface area (Å²) in [5.41, 5.74) is 1.63. The van der Waals surface area contributed by atoms with Crippen molar-refractivity contribution in [2.45, 2.75) is 5.25 Å². The van der Waals surface area contributed by atoms with E-state index in [1.165, 1.54) is 0 Å². The van der Waals surface area contributed by atoms with Crippen LogP contribution in [-0.2, 0) is 4.79 Å². The van der Waals surface area contributed by atoms with Crippen LogP contribution in [0.3, 0.4) is 0 Å². The predicted molar refractivity (Wildman–Crippen MR) is 53.4 cm³/mol. The lowest BCUT2D eigenvalue weighted by molar-refractivity contribution is -0.115. The van der Waals surface area contributed by atoms with Gasteiger partial charge in [0, 0.05) is 5.56 Å². The van der Waals surface area contributed by atoms with E-state index in [1.54, 1.807) is 7.11 Å². The molecule has 3 nitrogen and oxygen atoms in total. The molecule has 4 heteroatoms. The molecule has 1 aliphatic rings.